The lowest BCUT2D eigenvalue weighted by Crippen LogP contribution is -2.27. The zero-order chi connectivity index (χ0) is 11.8. The first kappa shape index (κ1) is 12.3. The average molecular weight is 221 g/mol. The van der Waals surface area contributed by atoms with Crippen LogP contribution in [0.2, 0.25) is 0 Å². The molecule has 0 fully saturated rings. The van der Waals surface area contributed by atoms with Gasteiger partial charge in [-0.15, -0.1) is 6.58 Å². The van der Waals surface area contributed by atoms with E-state index >= 15 is 0 Å². The lowest BCUT2D eigenvalue weighted by atomic mass is 10.2. The van der Waals surface area contributed by atoms with Crippen molar-refractivity contribution in [2.24, 2.45) is 0 Å². The smallest absolute Gasteiger partial charge is 0.434 e. The Bertz CT molecular complexity index is 337. The second kappa shape index (κ2) is 6.63. The molecule has 0 radical (unpaired) electrons. The second-order valence-electron chi connectivity index (χ2n) is 3.12. The molecule has 86 valence electrons. The zero-order valence-electron chi connectivity index (χ0n) is 9.26. The van der Waals surface area contributed by atoms with E-state index in [2.05, 4.69) is 6.58 Å². The molecule has 1 aromatic carbocycles. The minimum absolute atomic E-state index is 0.238. The van der Waals surface area contributed by atoms with Gasteiger partial charge in [0.1, 0.15) is 6.61 Å². The molecule has 0 aromatic heterocycles. The topological polar surface area (TPSA) is 38.8 Å². The minimum Gasteiger partial charge on any atom is -0.443 e. The Morgan fingerprint density at radius 3 is 2.75 bits per heavy atom. The summed E-state index contributed by atoms with van der Waals surface area (Å²) >= 11 is 0. The molecule has 0 saturated carbocycles. The van der Waals surface area contributed by atoms with Gasteiger partial charge in [-0.2, -0.15) is 5.06 Å². The SMILES string of the molecule is C=CCON(C)C(=O)OCc1ccccc1. The third-order valence-corrected chi connectivity index (χ3v) is 1.85. The van der Waals surface area contributed by atoms with E-state index in [4.69, 9.17) is 9.57 Å². The maximum atomic E-state index is 11.4. The van der Waals surface area contributed by atoms with Crippen LogP contribution in [0.4, 0.5) is 4.79 Å². The molecular weight excluding hydrogens is 206 g/mol. The molecule has 0 heterocycles. The van der Waals surface area contributed by atoms with Gasteiger partial charge < -0.3 is 4.74 Å². The lowest BCUT2D eigenvalue weighted by molar-refractivity contribution is -0.109. The lowest BCUT2D eigenvalue weighted by Gasteiger charge is -2.15. The molecular formula is C12H15NO3. The molecule has 1 amide bonds. The number of rotatable bonds is 5. The first-order chi connectivity index (χ1) is 7.74. The molecule has 0 aliphatic carbocycles. The molecule has 0 saturated heterocycles. The second-order valence-corrected chi connectivity index (χ2v) is 3.12. The van der Waals surface area contributed by atoms with E-state index in [9.17, 15) is 4.79 Å². The van der Waals surface area contributed by atoms with Crippen molar-refractivity contribution in [1.82, 2.24) is 5.06 Å². The zero-order valence-corrected chi connectivity index (χ0v) is 9.26. The molecule has 0 unspecified atom stereocenters. The minimum atomic E-state index is -0.522. The quantitative estimate of drug-likeness (QED) is 0.566. The number of benzene rings is 1. The van der Waals surface area contributed by atoms with Gasteiger partial charge in [-0.05, 0) is 5.56 Å². The maximum absolute atomic E-state index is 11.4. The van der Waals surface area contributed by atoms with Crippen molar-refractivity contribution in [3.63, 3.8) is 0 Å². The van der Waals surface area contributed by atoms with Gasteiger partial charge in [0, 0.05) is 7.05 Å². The molecule has 4 heteroatoms. The van der Waals surface area contributed by atoms with Gasteiger partial charge in [-0.1, -0.05) is 36.4 Å². The van der Waals surface area contributed by atoms with E-state index in [1.807, 2.05) is 30.3 Å². The summed E-state index contributed by atoms with van der Waals surface area (Å²) in [5.74, 6) is 0. The number of ether oxygens (including phenoxy) is 1. The fourth-order valence-electron chi connectivity index (χ4n) is 1.03. The highest BCUT2D eigenvalue weighted by Crippen LogP contribution is 2.02. The van der Waals surface area contributed by atoms with Crippen molar-refractivity contribution in [2.75, 3.05) is 13.7 Å². The third kappa shape index (κ3) is 4.14. The van der Waals surface area contributed by atoms with Crippen LogP contribution in [-0.2, 0) is 16.2 Å². The van der Waals surface area contributed by atoms with E-state index in [1.54, 1.807) is 6.08 Å². The molecule has 0 aliphatic rings. The van der Waals surface area contributed by atoms with Gasteiger partial charge in [-0.25, -0.2) is 4.79 Å². The predicted molar refractivity (Wildman–Crippen MR) is 60.5 cm³/mol. The van der Waals surface area contributed by atoms with Crippen LogP contribution in [-0.4, -0.2) is 24.8 Å². The Labute approximate surface area is 95.0 Å². The Morgan fingerprint density at radius 1 is 1.44 bits per heavy atom. The normalized spacial score (nSPS) is 9.56. The van der Waals surface area contributed by atoms with Crippen molar-refractivity contribution in [2.45, 2.75) is 6.61 Å². The largest absolute Gasteiger partial charge is 0.443 e. The number of carbonyl (C=O) groups is 1. The Hall–Kier alpha value is -1.81. The first-order valence-corrected chi connectivity index (χ1v) is 4.92. The van der Waals surface area contributed by atoms with E-state index in [-0.39, 0.29) is 13.2 Å². The van der Waals surface area contributed by atoms with E-state index in [0.717, 1.165) is 10.6 Å². The summed E-state index contributed by atoms with van der Waals surface area (Å²) in [5.41, 5.74) is 0.938. The fraction of sp³-hybridized carbons (Fsp3) is 0.250. The van der Waals surface area contributed by atoms with Crippen LogP contribution in [0.25, 0.3) is 0 Å². The molecule has 1 aromatic rings. The highest BCUT2D eigenvalue weighted by atomic mass is 16.7. The summed E-state index contributed by atoms with van der Waals surface area (Å²) in [7, 11) is 1.50. The molecule has 1 rings (SSSR count). The number of hydrogen-bond acceptors (Lipinski definition) is 3. The van der Waals surface area contributed by atoms with Crippen molar-refractivity contribution >= 4 is 6.09 Å². The molecule has 0 spiro atoms. The van der Waals surface area contributed by atoms with Gasteiger partial charge in [0.2, 0.25) is 0 Å². The molecule has 0 aliphatic heterocycles. The Kier molecular flexibility index (Phi) is 5.08. The van der Waals surface area contributed by atoms with Crippen LogP contribution in [0.15, 0.2) is 43.0 Å². The summed E-state index contributed by atoms with van der Waals surface area (Å²) in [5, 5.41) is 1.05. The van der Waals surface area contributed by atoms with Gasteiger partial charge in [0.05, 0.1) is 6.61 Å². The molecule has 0 N–H and O–H groups in total. The van der Waals surface area contributed by atoms with E-state index in [0.29, 0.717) is 0 Å². The number of amides is 1. The van der Waals surface area contributed by atoms with Gasteiger partial charge in [0.15, 0.2) is 0 Å². The van der Waals surface area contributed by atoms with Crippen molar-refractivity contribution in [1.29, 1.82) is 0 Å². The predicted octanol–water partition coefficient (Wildman–Crippen LogP) is 2.37. The van der Waals surface area contributed by atoms with Crippen molar-refractivity contribution < 1.29 is 14.4 Å². The van der Waals surface area contributed by atoms with Crippen LogP contribution in [0.5, 0.6) is 0 Å². The molecule has 4 nitrogen and oxygen atoms in total. The Balaban J connectivity index is 2.32. The van der Waals surface area contributed by atoms with Crippen molar-refractivity contribution in [3.05, 3.63) is 48.6 Å². The van der Waals surface area contributed by atoms with Gasteiger partial charge in [-0.3, -0.25) is 4.84 Å². The van der Waals surface area contributed by atoms with Crippen LogP contribution in [0, 0.1) is 0 Å². The van der Waals surface area contributed by atoms with Crippen LogP contribution in [0.1, 0.15) is 5.56 Å². The summed E-state index contributed by atoms with van der Waals surface area (Å²) in [6, 6.07) is 9.46. The molecule has 0 atom stereocenters. The highest BCUT2D eigenvalue weighted by Gasteiger charge is 2.09. The fourth-order valence-corrected chi connectivity index (χ4v) is 1.03. The van der Waals surface area contributed by atoms with Crippen LogP contribution >= 0.6 is 0 Å². The number of carbonyl (C=O) groups excluding carboxylic acids is 1. The highest BCUT2D eigenvalue weighted by molar-refractivity contribution is 5.65. The first-order valence-electron chi connectivity index (χ1n) is 4.92. The maximum Gasteiger partial charge on any atom is 0.434 e. The summed E-state index contributed by atoms with van der Waals surface area (Å²) < 4.78 is 5.01. The Morgan fingerprint density at radius 2 is 2.12 bits per heavy atom. The number of hydrogen-bond donors (Lipinski definition) is 0. The standard InChI is InChI=1S/C12H15NO3/c1-3-9-16-13(2)12(14)15-10-11-7-5-4-6-8-11/h3-8H,1,9-10H2,2H3. The number of nitrogens with zero attached hydrogens (tertiary/aromatic N) is 1. The van der Waals surface area contributed by atoms with Crippen molar-refractivity contribution in [3.8, 4) is 0 Å². The van der Waals surface area contributed by atoms with E-state index in [1.165, 1.54) is 7.05 Å². The van der Waals surface area contributed by atoms with Gasteiger partial charge >= 0.3 is 6.09 Å². The van der Waals surface area contributed by atoms with E-state index < -0.39 is 6.09 Å². The monoisotopic (exact) mass is 221 g/mol. The summed E-state index contributed by atoms with van der Waals surface area (Å²) in [4.78, 5) is 16.3. The van der Waals surface area contributed by atoms with Gasteiger partial charge in [0.25, 0.3) is 0 Å². The molecule has 16 heavy (non-hydrogen) atoms. The van der Waals surface area contributed by atoms with Crippen LogP contribution < -0.4 is 0 Å². The summed E-state index contributed by atoms with van der Waals surface area (Å²) in [6.07, 6.45) is 1.03. The average Bonchev–Trinajstić information content (AvgIpc) is 2.34. The van der Waals surface area contributed by atoms with Crippen LogP contribution in [0.3, 0.4) is 0 Å². The summed E-state index contributed by atoms with van der Waals surface area (Å²) in [6.45, 7) is 3.99. The number of hydroxylamine groups is 2. The molecule has 0 bridgehead atoms. The third-order valence-electron chi connectivity index (χ3n) is 1.85.